The van der Waals surface area contributed by atoms with E-state index >= 15 is 0 Å². The van der Waals surface area contributed by atoms with Crippen LogP contribution in [-0.4, -0.2) is 22.3 Å². The molecule has 2 rings (SSSR count). The highest BCUT2D eigenvalue weighted by molar-refractivity contribution is 9.10. The van der Waals surface area contributed by atoms with Gasteiger partial charge in [-0.1, -0.05) is 5.16 Å². The Morgan fingerprint density at radius 1 is 1.35 bits per heavy atom. The molecule has 0 aliphatic heterocycles. The minimum Gasteiger partial charge on any atom is -0.478 e. The molecule has 1 heterocycles. The number of carboxylic acids is 1. The predicted molar refractivity (Wildman–Crippen MR) is 73.5 cm³/mol. The summed E-state index contributed by atoms with van der Waals surface area (Å²) in [7, 11) is 0. The third-order valence-electron chi connectivity index (χ3n) is 2.38. The Morgan fingerprint density at radius 3 is 2.80 bits per heavy atom. The lowest BCUT2D eigenvalue weighted by Crippen LogP contribution is -2.28. The third kappa shape index (κ3) is 3.58. The quantitative estimate of drug-likeness (QED) is 0.793. The summed E-state index contributed by atoms with van der Waals surface area (Å²) in [6.07, 6.45) is 1.40. The molecule has 0 unspecified atom stereocenters. The van der Waals surface area contributed by atoms with Crippen LogP contribution in [0.4, 0.5) is 10.5 Å². The lowest BCUT2D eigenvalue weighted by molar-refractivity contribution is 0.0697. The van der Waals surface area contributed by atoms with Crippen LogP contribution in [0.25, 0.3) is 0 Å². The van der Waals surface area contributed by atoms with E-state index in [0.717, 1.165) is 0 Å². The average molecular weight is 340 g/mol. The van der Waals surface area contributed by atoms with Gasteiger partial charge in [-0.2, -0.15) is 0 Å². The van der Waals surface area contributed by atoms with E-state index in [0.29, 0.717) is 15.9 Å². The summed E-state index contributed by atoms with van der Waals surface area (Å²) >= 11 is 3.24. The molecule has 3 N–H and O–H groups in total. The molecule has 1 aromatic heterocycles. The Bertz CT molecular complexity index is 628. The maximum atomic E-state index is 11.7. The number of halogens is 1. The fourth-order valence-corrected chi connectivity index (χ4v) is 1.77. The van der Waals surface area contributed by atoms with E-state index in [9.17, 15) is 9.59 Å². The second-order valence-electron chi connectivity index (χ2n) is 3.80. The Hall–Kier alpha value is -2.35. The monoisotopic (exact) mass is 339 g/mol. The molecule has 0 aliphatic carbocycles. The zero-order valence-electron chi connectivity index (χ0n) is 10.1. The number of carboxylic acid groups (broad SMARTS) is 1. The molecule has 0 spiro atoms. The first-order chi connectivity index (χ1) is 9.56. The van der Waals surface area contributed by atoms with Gasteiger partial charge in [0.1, 0.15) is 12.0 Å². The summed E-state index contributed by atoms with van der Waals surface area (Å²) in [6, 6.07) is 5.50. The number of urea groups is 1. The number of hydrogen-bond acceptors (Lipinski definition) is 4. The highest BCUT2D eigenvalue weighted by Gasteiger charge is 2.10. The molecule has 0 radical (unpaired) electrons. The van der Waals surface area contributed by atoms with E-state index in [1.54, 1.807) is 12.1 Å². The Balaban J connectivity index is 2.00. The maximum absolute atomic E-state index is 11.7. The van der Waals surface area contributed by atoms with E-state index in [4.69, 9.17) is 5.11 Å². The molecule has 0 saturated heterocycles. The van der Waals surface area contributed by atoms with Crippen molar-refractivity contribution in [3.05, 3.63) is 46.3 Å². The topological polar surface area (TPSA) is 104 Å². The molecule has 104 valence electrons. The molecule has 7 nitrogen and oxygen atoms in total. The van der Waals surface area contributed by atoms with E-state index in [2.05, 4.69) is 36.2 Å². The predicted octanol–water partition coefficient (Wildman–Crippen LogP) is 2.46. The van der Waals surface area contributed by atoms with E-state index < -0.39 is 12.0 Å². The highest BCUT2D eigenvalue weighted by atomic mass is 79.9. The zero-order chi connectivity index (χ0) is 14.5. The molecule has 8 heteroatoms. The van der Waals surface area contributed by atoms with Gasteiger partial charge in [-0.3, -0.25) is 0 Å². The Morgan fingerprint density at radius 2 is 2.15 bits per heavy atom. The number of hydrogen-bond donors (Lipinski definition) is 3. The second kappa shape index (κ2) is 6.20. The summed E-state index contributed by atoms with van der Waals surface area (Å²) in [5, 5.41) is 17.7. The van der Waals surface area contributed by atoms with Crippen LogP contribution in [0.15, 0.2) is 39.5 Å². The number of amides is 2. The van der Waals surface area contributed by atoms with Crippen LogP contribution in [0.5, 0.6) is 0 Å². The number of aromatic carboxylic acids is 1. The first-order valence-electron chi connectivity index (χ1n) is 5.53. The van der Waals surface area contributed by atoms with Crippen molar-refractivity contribution >= 4 is 33.6 Å². The van der Waals surface area contributed by atoms with Crippen molar-refractivity contribution in [1.29, 1.82) is 0 Å². The van der Waals surface area contributed by atoms with Crippen molar-refractivity contribution < 1.29 is 19.2 Å². The molecular weight excluding hydrogens is 330 g/mol. The second-order valence-corrected chi connectivity index (χ2v) is 4.65. The van der Waals surface area contributed by atoms with Gasteiger partial charge < -0.3 is 20.3 Å². The molecule has 0 saturated carbocycles. The lowest BCUT2D eigenvalue weighted by atomic mass is 10.2. The Kier molecular flexibility index (Phi) is 4.36. The fourth-order valence-electron chi connectivity index (χ4n) is 1.42. The van der Waals surface area contributed by atoms with Crippen LogP contribution in [0.2, 0.25) is 0 Å². The van der Waals surface area contributed by atoms with Gasteiger partial charge >= 0.3 is 12.0 Å². The zero-order valence-corrected chi connectivity index (χ0v) is 11.7. The van der Waals surface area contributed by atoms with Gasteiger partial charge in [-0.15, -0.1) is 0 Å². The van der Waals surface area contributed by atoms with Crippen molar-refractivity contribution in [1.82, 2.24) is 10.5 Å². The third-order valence-corrected chi connectivity index (χ3v) is 3.07. The number of carbonyl (C=O) groups excluding carboxylic acids is 1. The smallest absolute Gasteiger partial charge is 0.335 e. The molecule has 0 bridgehead atoms. The summed E-state index contributed by atoms with van der Waals surface area (Å²) < 4.78 is 5.21. The lowest BCUT2D eigenvalue weighted by Gasteiger charge is -2.09. The number of benzene rings is 1. The SMILES string of the molecule is O=C(NCc1ccon1)Nc1cc(C(=O)O)ccc1Br. The van der Waals surface area contributed by atoms with E-state index in [1.165, 1.54) is 18.4 Å². The first kappa shape index (κ1) is 14.1. The average Bonchev–Trinajstić information content (AvgIpc) is 2.92. The van der Waals surface area contributed by atoms with Gasteiger partial charge in [-0.05, 0) is 34.1 Å². The summed E-state index contributed by atoms with van der Waals surface area (Å²) in [6.45, 7) is 0.207. The van der Waals surface area contributed by atoms with Gasteiger partial charge in [0, 0.05) is 10.5 Å². The number of rotatable bonds is 4. The summed E-state index contributed by atoms with van der Waals surface area (Å²) in [4.78, 5) is 22.6. The van der Waals surface area contributed by atoms with Crippen LogP contribution in [-0.2, 0) is 6.54 Å². The number of nitrogens with one attached hydrogen (secondary N) is 2. The standard InChI is InChI=1S/C12H10BrN3O4/c13-9-2-1-7(11(17)18)5-10(9)15-12(19)14-6-8-3-4-20-16-8/h1-5H,6H2,(H,17,18)(H2,14,15,19). The van der Waals surface area contributed by atoms with Crippen LogP contribution < -0.4 is 10.6 Å². The van der Waals surface area contributed by atoms with Crippen molar-refractivity contribution in [2.24, 2.45) is 0 Å². The number of nitrogens with zero attached hydrogens (tertiary/aromatic N) is 1. The van der Waals surface area contributed by atoms with E-state index in [1.807, 2.05) is 0 Å². The van der Waals surface area contributed by atoms with Crippen molar-refractivity contribution in [3.8, 4) is 0 Å². The first-order valence-corrected chi connectivity index (χ1v) is 6.32. The minimum atomic E-state index is -1.07. The summed E-state index contributed by atoms with van der Waals surface area (Å²) in [5.41, 5.74) is 1.03. The molecule has 0 fully saturated rings. The van der Waals surface area contributed by atoms with Crippen LogP contribution in [0.1, 0.15) is 16.1 Å². The van der Waals surface area contributed by atoms with Gasteiger partial charge in [0.15, 0.2) is 0 Å². The van der Waals surface area contributed by atoms with Crippen molar-refractivity contribution in [2.45, 2.75) is 6.54 Å². The minimum absolute atomic E-state index is 0.0833. The van der Waals surface area contributed by atoms with Crippen LogP contribution in [0, 0.1) is 0 Å². The molecular formula is C12H10BrN3O4. The number of aromatic nitrogens is 1. The number of anilines is 1. The summed E-state index contributed by atoms with van der Waals surface area (Å²) in [5.74, 6) is -1.07. The molecule has 0 aliphatic rings. The molecule has 0 atom stereocenters. The largest absolute Gasteiger partial charge is 0.478 e. The Labute approximate surface area is 122 Å². The van der Waals surface area contributed by atoms with Crippen LogP contribution >= 0.6 is 15.9 Å². The number of carbonyl (C=O) groups is 2. The fraction of sp³-hybridized carbons (Fsp3) is 0.0833. The van der Waals surface area contributed by atoms with Gasteiger partial charge in [0.05, 0.1) is 17.8 Å². The van der Waals surface area contributed by atoms with E-state index in [-0.39, 0.29) is 12.1 Å². The molecule has 2 aromatic rings. The maximum Gasteiger partial charge on any atom is 0.335 e. The van der Waals surface area contributed by atoms with Crippen molar-refractivity contribution in [2.75, 3.05) is 5.32 Å². The molecule has 2 amide bonds. The van der Waals surface area contributed by atoms with Gasteiger partial charge in [-0.25, -0.2) is 9.59 Å². The normalized spacial score (nSPS) is 10.1. The van der Waals surface area contributed by atoms with Crippen LogP contribution in [0.3, 0.4) is 0 Å². The van der Waals surface area contributed by atoms with Gasteiger partial charge in [0.25, 0.3) is 0 Å². The van der Waals surface area contributed by atoms with Crippen molar-refractivity contribution in [3.63, 3.8) is 0 Å². The molecule has 20 heavy (non-hydrogen) atoms. The highest BCUT2D eigenvalue weighted by Crippen LogP contribution is 2.23. The van der Waals surface area contributed by atoms with Gasteiger partial charge in [0.2, 0.25) is 0 Å². The molecule has 1 aromatic carbocycles.